The van der Waals surface area contributed by atoms with Crippen LogP contribution in [0.3, 0.4) is 0 Å². The van der Waals surface area contributed by atoms with E-state index in [1.807, 2.05) is 32.0 Å². The van der Waals surface area contributed by atoms with Crippen LogP contribution in [0.4, 0.5) is 5.69 Å². The van der Waals surface area contributed by atoms with Gasteiger partial charge in [0.15, 0.2) is 11.5 Å². The van der Waals surface area contributed by atoms with Crippen LogP contribution in [0.5, 0.6) is 11.5 Å². The summed E-state index contributed by atoms with van der Waals surface area (Å²) in [5.41, 5.74) is 1.83. The molecule has 0 fully saturated rings. The van der Waals surface area contributed by atoms with Gasteiger partial charge in [0.1, 0.15) is 0 Å². The average Bonchev–Trinajstić information content (AvgIpc) is 2.55. The Bertz CT molecular complexity index is 774. The number of hydrogen-bond donors (Lipinski definition) is 2. The quantitative estimate of drug-likeness (QED) is 0.764. The third kappa shape index (κ3) is 4.87. The van der Waals surface area contributed by atoms with Crippen molar-refractivity contribution < 1.29 is 17.9 Å². The topological polar surface area (TPSA) is 90.6 Å². The van der Waals surface area contributed by atoms with E-state index in [9.17, 15) is 8.42 Å². The van der Waals surface area contributed by atoms with Gasteiger partial charge in [-0.2, -0.15) is 0 Å². The fourth-order valence-corrected chi connectivity index (χ4v) is 2.69. The molecule has 0 saturated heterocycles. The van der Waals surface area contributed by atoms with E-state index in [2.05, 4.69) is 5.32 Å². The summed E-state index contributed by atoms with van der Waals surface area (Å²) in [5.74, 6) is 1.43. The molecule has 130 valence electrons. The van der Waals surface area contributed by atoms with Crippen LogP contribution in [-0.2, 0) is 16.6 Å². The first-order valence-corrected chi connectivity index (χ1v) is 9.24. The van der Waals surface area contributed by atoms with Gasteiger partial charge in [0.05, 0.1) is 18.1 Å². The fraction of sp³-hybridized carbons (Fsp3) is 0.294. The largest absolute Gasteiger partial charge is 0.490 e. The number of ether oxygens (including phenoxy) is 2. The van der Waals surface area contributed by atoms with Crippen LogP contribution in [0, 0.1) is 0 Å². The monoisotopic (exact) mass is 350 g/mol. The van der Waals surface area contributed by atoms with Gasteiger partial charge in [-0.05, 0) is 55.8 Å². The van der Waals surface area contributed by atoms with Crippen molar-refractivity contribution in [2.45, 2.75) is 25.3 Å². The molecule has 0 aliphatic heterocycles. The number of nitrogens with two attached hydrogens (primary N) is 1. The van der Waals surface area contributed by atoms with Gasteiger partial charge in [0.25, 0.3) is 0 Å². The Morgan fingerprint density at radius 2 is 1.58 bits per heavy atom. The molecule has 6 nitrogen and oxygen atoms in total. The SMILES string of the molecule is CCOc1ccc(CNc2ccc(S(N)(=O)=O)cc2)cc1OCC. The van der Waals surface area contributed by atoms with Gasteiger partial charge in [-0.3, -0.25) is 0 Å². The van der Waals surface area contributed by atoms with Crippen LogP contribution in [0.1, 0.15) is 19.4 Å². The Balaban J connectivity index is 2.07. The second kappa shape index (κ2) is 8.03. The van der Waals surface area contributed by atoms with Crippen molar-refractivity contribution in [3.8, 4) is 11.5 Å². The summed E-state index contributed by atoms with van der Waals surface area (Å²) in [6.45, 7) is 5.56. The molecule has 0 atom stereocenters. The van der Waals surface area contributed by atoms with Crippen LogP contribution in [-0.4, -0.2) is 21.6 Å². The summed E-state index contributed by atoms with van der Waals surface area (Å²) in [6.07, 6.45) is 0. The Kier molecular flexibility index (Phi) is 6.05. The van der Waals surface area contributed by atoms with E-state index >= 15 is 0 Å². The first kappa shape index (κ1) is 18.1. The second-order valence-corrected chi connectivity index (χ2v) is 6.63. The van der Waals surface area contributed by atoms with Crippen LogP contribution >= 0.6 is 0 Å². The molecule has 2 rings (SSSR count). The Labute approximate surface area is 142 Å². The van der Waals surface area contributed by atoms with Crippen molar-refractivity contribution in [1.29, 1.82) is 0 Å². The molecule has 2 aromatic rings. The lowest BCUT2D eigenvalue weighted by Gasteiger charge is -2.13. The molecule has 0 amide bonds. The maximum atomic E-state index is 11.2. The van der Waals surface area contributed by atoms with E-state index < -0.39 is 10.0 Å². The van der Waals surface area contributed by atoms with Gasteiger partial charge in [-0.1, -0.05) is 6.07 Å². The second-order valence-electron chi connectivity index (χ2n) is 5.07. The third-order valence-electron chi connectivity index (χ3n) is 3.29. The maximum Gasteiger partial charge on any atom is 0.238 e. The highest BCUT2D eigenvalue weighted by Gasteiger charge is 2.08. The number of sulfonamides is 1. The average molecular weight is 350 g/mol. The minimum Gasteiger partial charge on any atom is -0.490 e. The van der Waals surface area contributed by atoms with Crippen LogP contribution in [0.25, 0.3) is 0 Å². The molecule has 3 N–H and O–H groups in total. The molecule has 0 heterocycles. The van der Waals surface area contributed by atoms with E-state index in [-0.39, 0.29) is 4.90 Å². The van der Waals surface area contributed by atoms with Gasteiger partial charge >= 0.3 is 0 Å². The summed E-state index contributed by atoms with van der Waals surface area (Å²) < 4.78 is 33.6. The summed E-state index contributed by atoms with van der Waals surface area (Å²) in [6, 6.07) is 12.1. The van der Waals surface area contributed by atoms with Crippen molar-refractivity contribution in [3.63, 3.8) is 0 Å². The number of rotatable bonds is 8. The number of benzene rings is 2. The predicted octanol–water partition coefficient (Wildman–Crippen LogP) is 2.74. The van der Waals surface area contributed by atoms with E-state index in [4.69, 9.17) is 14.6 Å². The van der Waals surface area contributed by atoms with E-state index in [1.165, 1.54) is 12.1 Å². The molecule has 0 spiro atoms. The molecule has 2 aromatic carbocycles. The highest BCUT2D eigenvalue weighted by atomic mass is 32.2. The highest BCUT2D eigenvalue weighted by molar-refractivity contribution is 7.89. The van der Waals surface area contributed by atoms with Crippen LogP contribution in [0.2, 0.25) is 0 Å². The Hall–Kier alpha value is -2.25. The van der Waals surface area contributed by atoms with E-state index in [0.717, 1.165) is 17.0 Å². The standard InChI is InChI=1S/C17H22N2O4S/c1-3-22-16-10-5-13(11-17(16)23-4-2)12-19-14-6-8-15(9-7-14)24(18,20)21/h5-11,19H,3-4,12H2,1-2H3,(H2,18,20,21). The molecule has 0 bridgehead atoms. The normalized spacial score (nSPS) is 11.1. The van der Waals surface area contributed by atoms with Crippen molar-refractivity contribution in [3.05, 3.63) is 48.0 Å². The van der Waals surface area contributed by atoms with E-state index in [1.54, 1.807) is 12.1 Å². The molecule has 0 saturated carbocycles. The van der Waals surface area contributed by atoms with Gasteiger partial charge in [0.2, 0.25) is 10.0 Å². The lowest BCUT2D eigenvalue weighted by atomic mass is 10.2. The van der Waals surface area contributed by atoms with Crippen molar-refractivity contribution in [1.82, 2.24) is 0 Å². The first-order valence-electron chi connectivity index (χ1n) is 7.69. The summed E-state index contributed by atoms with van der Waals surface area (Å²) in [7, 11) is -3.67. The van der Waals surface area contributed by atoms with Gasteiger partial charge in [-0.25, -0.2) is 13.6 Å². The molecule has 0 aliphatic rings. The van der Waals surface area contributed by atoms with E-state index in [0.29, 0.717) is 25.5 Å². The maximum absolute atomic E-state index is 11.2. The lowest BCUT2D eigenvalue weighted by Crippen LogP contribution is -2.12. The lowest BCUT2D eigenvalue weighted by molar-refractivity contribution is 0.287. The first-order chi connectivity index (χ1) is 11.4. The predicted molar refractivity (Wildman–Crippen MR) is 93.9 cm³/mol. The van der Waals surface area contributed by atoms with Crippen LogP contribution in [0.15, 0.2) is 47.4 Å². The van der Waals surface area contributed by atoms with Crippen LogP contribution < -0.4 is 19.9 Å². The van der Waals surface area contributed by atoms with Crippen molar-refractivity contribution >= 4 is 15.7 Å². The molecule has 0 aliphatic carbocycles. The smallest absolute Gasteiger partial charge is 0.238 e. The van der Waals surface area contributed by atoms with Gasteiger partial charge < -0.3 is 14.8 Å². The Morgan fingerprint density at radius 3 is 2.17 bits per heavy atom. The van der Waals surface area contributed by atoms with Crippen molar-refractivity contribution in [2.24, 2.45) is 5.14 Å². The summed E-state index contributed by atoms with van der Waals surface area (Å²) >= 11 is 0. The minimum atomic E-state index is -3.67. The van der Waals surface area contributed by atoms with Gasteiger partial charge in [-0.15, -0.1) is 0 Å². The number of hydrogen-bond acceptors (Lipinski definition) is 5. The number of nitrogens with one attached hydrogen (secondary N) is 1. The minimum absolute atomic E-state index is 0.0905. The zero-order valence-corrected chi connectivity index (χ0v) is 14.6. The zero-order chi connectivity index (χ0) is 17.6. The molecular weight excluding hydrogens is 328 g/mol. The number of primary sulfonamides is 1. The number of anilines is 1. The van der Waals surface area contributed by atoms with Gasteiger partial charge in [0, 0.05) is 12.2 Å². The molecule has 7 heteroatoms. The molecule has 0 aromatic heterocycles. The fourth-order valence-electron chi connectivity index (χ4n) is 2.17. The highest BCUT2D eigenvalue weighted by Crippen LogP contribution is 2.28. The molecule has 24 heavy (non-hydrogen) atoms. The summed E-state index contributed by atoms with van der Waals surface area (Å²) in [5, 5.41) is 8.31. The summed E-state index contributed by atoms with van der Waals surface area (Å²) in [4.78, 5) is 0.0905. The van der Waals surface area contributed by atoms with Crippen molar-refractivity contribution in [2.75, 3.05) is 18.5 Å². The third-order valence-corrected chi connectivity index (χ3v) is 4.22. The molecular formula is C17H22N2O4S. The zero-order valence-electron chi connectivity index (χ0n) is 13.8. The molecule has 0 unspecified atom stereocenters. The molecule has 0 radical (unpaired) electrons. The Morgan fingerprint density at radius 1 is 0.958 bits per heavy atom.